The number of rotatable bonds is 5. The Morgan fingerprint density at radius 3 is 2.29 bits per heavy atom. The fraction of sp³-hybridized carbons (Fsp3) is 0.769. The van der Waals surface area contributed by atoms with Gasteiger partial charge in [-0.15, -0.1) is 23.2 Å². The molecule has 17 heavy (non-hydrogen) atoms. The predicted molar refractivity (Wildman–Crippen MR) is 71.3 cm³/mol. The smallest absolute Gasteiger partial charge is 0.302 e. The van der Waals surface area contributed by atoms with Crippen LogP contribution in [0.5, 0.6) is 0 Å². The largest absolute Gasteiger partial charge is 0.462 e. The molecule has 0 aromatic carbocycles. The van der Waals surface area contributed by atoms with Crippen LogP contribution >= 0.6 is 23.2 Å². The van der Waals surface area contributed by atoms with Crippen molar-refractivity contribution in [3.05, 3.63) is 11.6 Å². The third-order valence-corrected chi connectivity index (χ3v) is 5.13. The molecule has 2 nitrogen and oxygen atoms in total. The Kier molecular flexibility index (Phi) is 4.54. The third-order valence-electron chi connectivity index (χ3n) is 3.63. The van der Waals surface area contributed by atoms with Crippen LogP contribution in [-0.4, -0.2) is 16.9 Å². The van der Waals surface area contributed by atoms with Crippen LogP contribution in [0.15, 0.2) is 11.6 Å². The normalized spacial score (nSPS) is 25.5. The van der Waals surface area contributed by atoms with E-state index < -0.39 is 4.33 Å². The monoisotopic (exact) mass is 278 g/mol. The fourth-order valence-electron chi connectivity index (χ4n) is 2.07. The lowest BCUT2D eigenvalue weighted by molar-refractivity contribution is -0.139. The van der Waals surface area contributed by atoms with Crippen molar-refractivity contribution in [3.63, 3.8) is 0 Å². The van der Waals surface area contributed by atoms with E-state index >= 15 is 0 Å². The highest BCUT2D eigenvalue weighted by molar-refractivity contribution is 6.51. The SMILES string of the molecule is CC(=O)OC/C=C(\C)CCC1C(C)(C)C1(Cl)Cl. The first-order chi connectivity index (χ1) is 7.69. The molecule has 0 amide bonds. The number of halogens is 2. The lowest BCUT2D eigenvalue weighted by atomic mass is 10.0. The van der Waals surface area contributed by atoms with Crippen molar-refractivity contribution < 1.29 is 9.53 Å². The minimum atomic E-state index is -0.580. The lowest BCUT2D eigenvalue weighted by Crippen LogP contribution is -1.98. The molecule has 0 radical (unpaired) electrons. The summed E-state index contributed by atoms with van der Waals surface area (Å²) in [6, 6.07) is 0. The van der Waals surface area contributed by atoms with Crippen molar-refractivity contribution in [1.82, 2.24) is 0 Å². The number of carbonyl (C=O) groups excluding carboxylic acids is 1. The summed E-state index contributed by atoms with van der Waals surface area (Å²) in [6.45, 7) is 7.97. The van der Waals surface area contributed by atoms with Gasteiger partial charge < -0.3 is 4.74 Å². The summed E-state index contributed by atoms with van der Waals surface area (Å²) in [7, 11) is 0. The molecule has 0 heterocycles. The van der Waals surface area contributed by atoms with Gasteiger partial charge in [0.1, 0.15) is 10.9 Å². The summed E-state index contributed by atoms with van der Waals surface area (Å²) in [4.78, 5) is 10.6. The molecule has 0 aliphatic heterocycles. The van der Waals surface area contributed by atoms with Crippen LogP contribution in [-0.2, 0) is 9.53 Å². The Hall–Kier alpha value is -0.210. The molecule has 1 unspecified atom stereocenters. The average Bonchev–Trinajstić information content (AvgIpc) is 2.54. The summed E-state index contributed by atoms with van der Waals surface area (Å²) >= 11 is 12.4. The van der Waals surface area contributed by atoms with Crippen LogP contribution in [0.25, 0.3) is 0 Å². The summed E-state index contributed by atoms with van der Waals surface area (Å²) in [5.74, 6) is 0.0910. The maximum Gasteiger partial charge on any atom is 0.302 e. The number of alkyl halides is 2. The minimum Gasteiger partial charge on any atom is -0.462 e. The van der Waals surface area contributed by atoms with Crippen molar-refractivity contribution >= 4 is 29.2 Å². The molecular formula is C13H20Cl2O2. The van der Waals surface area contributed by atoms with E-state index in [-0.39, 0.29) is 11.4 Å². The molecular weight excluding hydrogens is 259 g/mol. The van der Waals surface area contributed by atoms with Crippen LogP contribution in [0.1, 0.15) is 40.5 Å². The molecule has 4 heteroatoms. The zero-order valence-corrected chi connectivity index (χ0v) is 12.4. The number of hydrogen-bond acceptors (Lipinski definition) is 2. The van der Waals surface area contributed by atoms with E-state index in [2.05, 4.69) is 13.8 Å². The maximum atomic E-state index is 10.6. The van der Waals surface area contributed by atoms with Crippen molar-refractivity contribution in [2.75, 3.05) is 6.61 Å². The van der Waals surface area contributed by atoms with E-state index in [1.54, 1.807) is 0 Å². The van der Waals surface area contributed by atoms with Gasteiger partial charge in [0.2, 0.25) is 0 Å². The summed E-state index contributed by atoms with van der Waals surface area (Å²) < 4.78 is 4.27. The van der Waals surface area contributed by atoms with Crippen molar-refractivity contribution in [2.24, 2.45) is 11.3 Å². The van der Waals surface area contributed by atoms with Crippen molar-refractivity contribution in [2.45, 2.75) is 44.9 Å². The van der Waals surface area contributed by atoms with Gasteiger partial charge in [0.15, 0.2) is 0 Å². The average molecular weight is 279 g/mol. The number of hydrogen-bond donors (Lipinski definition) is 0. The quantitative estimate of drug-likeness (QED) is 0.430. The molecule has 0 spiro atoms. The van der Waals surface area contributed by atoms with Crippen molar-refractivity contribution in [1.29, 1.82) is 0 Å². The highest BCUT2D eigenvalue weighted by Crippen LogP contribution is 2.70. The molecule has 0 bridgehead atoms. The van der Waals surface area contributed by atoms with Gasteiger partial charge in [0, 0.05) is 18.3 Å². The molecule has 1 atom stereocenters. The van der Waals surface area contributed by atoms with Crippen LogP contribution in [0.2, 0.25) is 0 Å². The first-order valence-corrected chi connectivity index (χ1v) is 6.62. The standard InChI is InChI=1S/C13H20Cl2O2/c1-9(7-8-17-10(2)16)5-6-11-12(3,4)13(11,14)15/h7,11H,5-6,8H2,1-4H3/b9-7+. The topological polar surface area (TPSA) is 26.3 Å². The van der Waals surface area contributed by atoms with Gasteiger partial charge in [-0.2, -0.15) is 0 Å². The molecule has 1 aliphatic rings. The van der Waals surface area contributed by atoms with E-state index in [4.69, 9.17) is 27.9 Å². The molecule has 1 aliphatic carbocycles. The molecule has 0 aromatic rings. The first kappa shape index (κ1) is 14.8. The van der Waals surface area contributed by atoms with Gasteiger partial charge in [-0.1, -0.05) is 19.4 Å². The van der Waals surface area contributed by atoms with Crippen LogP contribution < -0.4 is 0 Å². The molecule has 1 rings (SSSR count). The molecule has 1 fully saturated rings. The Labute approximate surface area is 113 Å². The zero-order chi connectivity index (χ0) is 13.3. The molecule has 0 aromatic heterocycles. The van der Waals surface area contributed by atoms with Gasteiger partial charge in [-0.25, -0.2) is 0 Å². The maximum absolute atomic E-state index is 10.6. The van der Waals surface area contributed by atoms with Crippen LogP contribution in [0, 0.1) is 11.3 Å². The molecule has 1 saturated carbocycles. The zero-order valence-electron chi connectivity index (χ0n) is 10.8. The second kappa shape index (κ2) is 5.19. The number of allylic oxidation sites excluding steroid dienone is 1. The Morgan fingerprint density at radius 2 is 1.88 bits per heavy atom. The highest BCUT2D eigenvalue weighted by Gasteiger charge is 2.69. The summed E-state index contributed by atoms with van der Waals surface area (Å²) in [5.41, 5.74) is 1.21. The fourth-order valence-corrected chi connectivity index (χ4v) is 2.99. The predicted octanol–water partition coefficient (Wildman–Crippen LogP) is 4.11. The second-order valence-electron chi connectivity index (χ2n) is 5.29. The third kappa shape index (κ3) is 3.38. The van der Waals surface area contributed by atoms with E-state index in [1.165, 1.54) is 12.5 Å². The Morgan fingerprint density at radius 1 is 1.35 bits per heavy atom. The van der Waals surface area contributed by atoms with Crippen LogP contribution in [0.4, 0.5) is 0 Å². The second-order valence-corrected chi connectivity index (χ2v) is 6.67. The van der Waals surface area contributed by atoms with E-state index in [1.807, 2.05) is 13.0 Å². The summed E-state index contributed by atoms with van der Waals surface area (Å²) in [5, 5.41) is 0. The van der Waals surface area contributed by atoms with Crippen LogP contribution in [0.3, 0.4) is 0 Å². The molecule has 98 valence electrons. The van der Waals surface area contributed by atoms with Gasteiger partial charge in [-0.3, -0.25) is 4.79 Å². The van der Waals surface area contributed by atoms with E-state index in [0.29, 0.717) is 12.5 Å². The highest BCUT2D eigenvalue weighted by atomic mass is 35.5. The van der Waals surface area contributed by atoms with E-state index in [0.717, 1.165) is 12.8 Å². The Bertz CT molecular complexity index is 318. The number of carbonyl (C=O) groups is 1. The molecule has 0 N–H and O–H groups in total. The number of ether oxygens (including phenoxy) is 1. The van der Waals surface area contributed by atoms with Gasteiger partial charge in [-0.05, 0) is 25.8 Å². The van der Waals surface area contributed by atoms with Crippen molar-refractivity contribution in [3.8, 4) is 0 Å². The summed E-state index contributed by atoms with van der Waals surface area (Å²) in [6.07, 6.45) is 3.85. The van der Waals surface area contributed by atoms with Gasteiger partial charge in [0.05, 0.1) is 0 Å². The van der Waals surface area contributed by atoms with E-state index in [9.17, 15) is 4.79 Å². The first-order valence-electron chi connectivity index (χ1n) is 5.86. The molecule has 0 saturated heterocycles. The minimum absolute atomic E-state index is 0.00623. The van der Waals surface area contributed by atoms with Gasteiger partial charge in [0.25, 0.3) is 0 Å². The van der Waals surface area contributed by atoms with Gasteiger partial charge >= 0.3 is 5.97 Å². The lowest BCUT2D eigenvalue weighted by Gasteiger charge is -2.03. The Balaban J connectivity index is 2.30. The number of esters is 1.